The summed E-state index contributed by atoms with van der Waals surface area (Å²) < 4.78 is 2.85. The monoisotopic (exact) mass is 283 g/mol. The van der Waals surface area contributed by atoms with Crippen molar-refractivity contribution in [1.29, 1.82) is 0 Å². The third kappa shape index (κ3) is 5.52. The second kappa shape index (κ2) is 8.57. The first-order chi connectivity index (χ1) is 9.12. The van der Waals surface area contributed by atoms with Gasteiger partial charge in [0.25, 0.3) is 5.56 Å². The van der Waals surface area contributed by atoms with Crippen molar-refractivity contribution >= 4 is 11.5 Å². The molecule has 0 fully saturated rings. The van der Waals surface area contributed by atoms with Gasteiger partial charge in [-0.25, -0.2) is 0 Å². The fraction of sp³-hybridized carbons (Fsp3) is 0.812. The topological polar surface area (TPSA) is 32.9 Å². The molecule has 3 heteroatoms. The van der Waals surface area contributed by atoms with Crippen molar-refractivity contribution in [3.05, 3.63) is 21.3 Å². The number of nitrogens with one attached hydrogen (secondary N) is 1. The van der Waals surface area contributed by atoms with Crippen LogP contribution in [0.3, 0.4) is 0 Å². The molecule has 0 bridgehead atoms. The van der Waals surface area contributed by atoms with E-state index in [-0.39, 0.29) is 11.0 Å². The van der Waals surface area contributed by atoms with Crippen LogP contribution in [-0.4, -0.2) is 4.37 Å². The third-order valence-electron chi connectivity index (χ3n) is 4.03. The van der Waals surface area contributed by atoms with Crippen LogP contribution in [0.25, 0.3) is 0 Å². The van der Waals surface area contributed by atoms with Crippen LogP contribution in [0.5, 0.6) is 0 Å². The van der Waals surface area contributed by atoms with Crippen LogP contribution in [0.4, 0.5) is 0 Å². The minimum Gasteiger partial charge on any atom is -0.278 e. The zero-order chi connectivity index (χ0) is 14.1. The van der Waals surface area contributed by atoms with Gasteiger partial charge in [0.15, 0.2) is 0 Å². The Morgan fingerprint density at radius 2 is 1.63 bits per heavy atom. The Morgan fingerprint density at radius 3 is 2.16 bits per heavy atom. The highest BCUT2D eigenvalue weighted by Gasteiger charge is 2.27. The van der Waals surface area contributed by atoms with Crippen molar-refractivity contribution in [2.45, 2.75) is 84.0 Å². The second-order valence-electron chi connectivity index (χ2n) is 5.91. The number of rotatable bonds is 10. The first kappa shape index (κ1) is 16.5. The number of unbranched alkanes of at least 4 members (excludes halogenated alkanes) is 5. The quantitative estimate of drug-likeness (QED) is 0.585. The van der Waals surface area contributed by atoms with Gasteiger partial charge < -0.3 is 0 Å². The largest absolute Gasteiger partial charge is 0.278 e. The molecule has 0 aliphatic carbocycles. The van der Waals surface area contributed by atoms with Crippen molar-refractivity contribution in [2.75, 3.05) is 0 Å². The summed E-state index contributed by atoms with van der Waals surface area (Å²) in [5.74, 6) is 0. The lowest BCUT2D eigenvalue weighted by Crippen LogP contribution is -2.21. The highest BCUT2D eigenvalue weighted by atomic mass is 32.1. The maximum Gasteiger partial charge on any atom is 0.258 e. The predicted octanol–water partition coefficient (Wildman–Crippen LogP) is 5.24. The molecule has 1 unspecified atom stereocenters. The van der Waals surface area contributed by atoms with E-state index in [2.05, 4.69) is 25.1 Å². The highest BCUT2D eigenvalue weighted by molar-refractivity contribution is 7.05. The summed E-state index contributed by atoms with van der Waals surface area (Å²) in [6.45, 7) is 6.83. The Bertz CT molecular complexity index is 395. The normalized spacial score (nSPS) is 14.5. The molecule has 1 atom stereocenters. The number of aromatic nitrogens is 1. The smallest absolute Gasteiger partial charge is 0.258 e. The molecule has 110 valence electrons. The lowest BCUT2D eigenvalue weighted by atomic mass is 9.78. The molecule has 0 aliphatic heterocycles. The van der Waals surface area contributed by atoms with E-state index in [0.29, 0.717) is 0 Å². The molecule has 0 saturated carbocycles. The number of hydrogen-bond acceptors (Lipinski definition) is 2. The van der Waals surface area contributed by atoms with E-state index in [1.165, 1.54) is 62.7 Å². The van der Waals surface area contributed by atoms with Crippen LogP contribution in [0, 0.1) is 0 Å². The molecule has 1 aromatic heterocycles. The molecule has 2 nitrogen and oxygen atoms in total. The Morgan fingerprint density at radius 1 is 1.05 bits per heavy atom. The Kier molecular flexibility index (Phi) is 7.44. The maximum absolute atomic E-state index is 11.4. The summed E-state index contributed by atoms with van der Waals surface area (Å²) in [6.07, 6.45) is 11.5. The molecule has 0 aliphatic rings. The number of hydrogen-bond donors (Lipinski definition) is 1. The van der Waals surface area contributed by atoms with Crippen LogP contribution < -0.4 is 5.56 Å². The van der Waals surface area contributed by atoms with Crippen molar-refractivity contribution < 1.29 is 0 Å². The lowest BCUT2D eigenvalue weighted by Gasteiger charge is -2.28. The summed E-state index contributed by atoms with van der Waals surface area (Å²) >= 11 is 1.54. The van der Waals surface area contributed by atoms with E-state index in [4.69, 9.17) is 0 Å². The molecule has 0 spiro atoms. The van der Waals surface area contributed by atoms with Crippen molar-refractivity contribution in [1.82, 2.24) is 4.37 Å². The Hall–Kier alpha value is -0.570. The molecule has 0 amide bonds. The Balaban J connectivity index is 2.63. The first-order valence-electron chi connectivity index (χ1n) is 7.81. The highest BCUT2D eigenvalue weighted by Crippen LogP contribution is 2.36. The molecule has 0 aromatic carbocycles. The second-order valence-corrected chi connectivity index (χ2v) is 6.75. The SMILES string of the molecule is CCCCCCC(C)(CCCCC)c1cc(=O)[nH]s1. The molecule has 1 heterocycles. The van der Waals surface area contributed by atoms with Gasteiger partial charge in [-0.1, -0.05) is 77.2 Å². The minimum absolute atomic E-state index is 0.0651. The van der Waals surface area contributed by atoms with Gasteiger partial charge in [0, 0.05) is 16.4 Å². The molecule has 19 heavy (non-hydrogen) atoms. The van der Waals surface area contributed by atoms with Gasteiger partial charge >= 0.3 is 0 Å². The number of aromatic amines is 1. The van der Waals surface area contributed by atoms with Gasteiger partial charge in [-0.3, -0.25) is 9.17 Å². The fourth-order valence-corrected chi connectivity index (χ4v) is 3.55. The average molecular weight is 283 g/mol. The van der Waals surface area contributed by atoms with Crippen molar-refractivity contribution in [3.63, 3.8) is 0 Å². The van der Waals surface area contributed by atoms with E-state index >= 15 is 0 Å². The van der Waals surface area contributed by atoms with Crippen LogP contribution >= 0.6 is 11.5 Å². The summed E-state index contributed by atoms with van der Waals surface area (Å²) in [6, 6.07) is 1.82. The first-order valence-corrected chi connectivity index (χ1v) is 8.63. The van der Waals surface area contributed by atoms with Crippen molar-refractivity contribution in [3.8, 4) is 0 Å². The maximum atomic E-state index is 11.4. The molecule has 1 aromatic rings. The molecule has 1 rings (SSSR count). The van der Waals surface area contributed by atoms with E-state index in [1.54, 1.807) is 11.5 Å². The minimum atomic E-state index is 0.0651. The summed E-state index contributed by atoms with van der Waals surface area (Å²) in [4.78, 5) is 12.7. The van der Waals surface area contributed by atoms with E-state index in [0.717, 1.165) is 0 Å². The van der Waals surface area contributed by atoms with Gasteiger partial charge in [0.2, 0.25) is 0 Å². The Labute approximate surface area is 121 Å². The number of H-pyrrole nitrogens is 1. The molecular weight excluding hydrogens is 254 g/mol. The summed E-state index contributed by atoms with van der Waals surface area (Å²) in [5.41, 5.74) is 0.266. The van der Waals surface area contributed by atoms with Crippen LogP contribution in [0.1, 0.15) is 83.4 Å². The van der Waals surface area contributed by atoms with Gasteiger partial charge in [-0.15, -0.1) is 0 Å². The zero-order valence-electron chi connectivity index (χ0n) is 12.8. The summed E-state index contributed by atoms with van der Waals surface area (Å²) in [5, 5.41) is 0. The predicted molar refractivity (Wildman–Crippen MR) is 85.2 cm³/mol. The molecule has 0 saturated heterocycles. The van der Waals surface area contributed by atoms with E-state index in [9.17, 15) is 4.79 Å². The van der Waals surface area contributed by atoms with Crippen molar-refractivity contribution in [2.24, 2.45) is 0 Å². The molecule has 1 N–H and O–H groups in total. The van der Waals surface area contributed by atoms with Crippen LogP contribution in [0.15, 0.2) is 10.9 Å². The van der Waals surface area contributed by atoms with Gasteiger partial charge in [-0.2, -0.15) is 0 Å². The molecular formula is C16H29NOS. The standard InChI is InChI=1S/C16H29NOS/c1-4-6-8-10-12-16(3,11-9-7-5-2)14-13-15(18)17-19-14/h13H,4-12H2,1-3H3,(H,17,18). The van der Waals surface area contributed by atoms with Crippen LogP contribution in [-0.2, 0) is 5.41 Å². The third-order valence-corrected chi connectivity index (χ3v) is 5.17. The van der Waals surface area contributed by atoms with Gasteiger partial charge in [0.05, 0.1) is 0 Å². The zero-order valence-corrected chi connectivity index (χ0v) is 13.6. The van der Waals surface area contributed by atoms with E-state index in [1.807, 2.05) is 6.07 Å². The van der Waals surface area contributed by atoms with Gasteiger partial charge in [-0.05, 0) is 12.8 Å². The molecule has 0 radical (unpaired) electrons. The lowest BCUT2D eigenvalue weighted by molar-refractivity contribution is 0.372. The average Bonchev–Trinajstić information content (AvgIpc) is 2.82. The van der Waals surface area contributed by atoms with Crippen LogP contribution in [0.2, 0.25) is 0 Å². The van der Waals surface area contributed by atoms with Gasteiger partial charge in [0.1, 0.15) is 0 Å². The fourth-order valence-electron chi connectivity index (χ4n) is 2.66. The van der Waals surface area contributed by atoms with E-state index < -0.39 is 0 Å². The summed E-state index contributed by atoms with van der Waals surface area (Å²) in [7, 11) is 0.